The highest BCUT2D eigenvalue weighted by molar-refractivity contribution is 6.34. The molecule has 0 aliphatic rings. The molecule has 0 aliphatic carbocycles. The highest BCUT2D eigenvalue weighted by atomic mass is 35.5. The van der Waals surface area contributed by atoms with E-state index in [0.29, 0.717) is 22.2 Å². The predicted molar refractivity (Wildman–Crippen MR) is 110 cm³/mol. The Morgan fingerprint density at radius 1 is 0.889 bits per heavy atom. The average molecular weight is 381 g/mol. The monoisotopic (exact) mass is 380 g/mol. The van der Waals surface area contributed by atoms with Crippen molar-refractivity contribution in [3.63, 3.8) is 0 Å². The summed E-state index contributed by atoms with van der Waals surface area (Å²) in [5.74, 6) is 0.128. The molecule has 6 heteroatoms. The van der Waals surface area contributed by atoms with Gasteiger partial charge < -0.3 is 10.6 Å². The van der Waals surface area contributed by atoms with Crippen LogP contribution in [0.4, 0.5) is 17.3 Å². The number of hydrogen-bond acceptors (Lipinski definition) is 4. The topological polar surface area (TPSA) is 66.9 Å². The summed E-state index contributed by atoms with van der Waals surface area (Å²) in [4.78, 5) is 21.0. The zero-order valence-electron chi connectivity index (χ0n) is 15.7. The van der Waals surface area contributed by atoms with Gasteiger partial charge in [-0.3, -0.25) is 4.79 Å². The van der Waals surface area contributed by atoms with Crippen LogP contribution in [0.15, 0.2) is 42.7 Å². The molecule has 5 nitrogen and oxygen atoms in total. The lowest BCUT2D eigenvalue weighted by atomic mass is 10.1. The van der Waals surface area contributed by atoms with E-state index in [1.54, 1.807) is 0 Å². The standard InChI is InChI=1S/C21H21ClN4O/c1-12-5-13(2)8-17(7-12)25-21-23-10-16(11-24-21)20(27)26-19-15(4)6-14(3)9-18(19)22/h5-11H,1-4H3,(H,26,27)(H,23,24,25). The molecular formula is C21H21ClN4O. The molecule has 0 saturated carbocycles. The molecule has 2 aromatic carbocycles. The van der Waals surface area contributed by atoms with Gasteiger partial charge in [0.1, 0.15) is 0 Å². The number of nitrogens with one attached hydrogen (secondary N) is 2. The summed E-state index contributed by atoms with van der Waals surface area (Å²) in [5.41, 5.74) is 6.12. The molecule has 0 aliphatic heterocycles. The SMILES string of the molecule is Cc1cc(C)cc(Nc2ncc(C(=O)Nc3c(C)cc(C)cc3Cl)cn2)c1. The number of carbonyl (C=O) groups is 1. The van der Waals surface area contributed by atoms with E-state index in [-0.39, 0.29) is 5.91 Å². The second-order valence-corrected chi connectivity index (χ2v) is 7.10. The molecule has 0 spiro atoms. The third kappa shape index (κ3) is 4.63. The molecule has 0 bridgehead atoms. The normalized spacial score (nSPS) is 10.6. The van der Waals surface area contributed by atoms with Crippen molar-refractivity contribution >= 4 is 34.8 Å². The van der Waals surface area contributed by atoms with Crippen LogP contribution in [-0.2, 0) is 0 Å². The van der Waals surface area contributed by atoms with Gasteiger partial charge in [-0.25, -0.2) is 9.97 Å². The number of nitrogens with zero attached hydrogens (tertiary/aromatic N) is 2. The molecule has 0 fully saturated rings. The van der Waals surface area contributed by atoms with Gasteiger partial charge in [-0.2, -0.15) is 0 Å². The van der Waals surface area contributed by atoms with Gasteiger partial charge in [0.2, 0.25) is 5.95 Å². The first kappa shape index (κ1) is 18.9. The molecule has 1 heterocycles. The molecule has 0 atom stereocenters. The number of aromatic nitrogens is 2. The Bertz CT molecular complexity index is 956. The van der Waals surface area contributed by atoms with Crippen LogP contribution in [0.3, 0.4) is 0 Å². The Morgan fingerprint density at radius 3 is 2.07 bits per heavy atom. The molecule has 2 N–H and O–H groups in total. The molecule has 0 saturated heterocycles. The fraction of sp³-hybridized carbons (Fsp3) is 0.190. The molecule has 27 heavy (non-hydrogen) atoms. The summed E-state index contributed by atoms with van der Waals surface area (Å²) >= 11 is 6.25. The quantitative estimate of drug-likeness (QED) is 0.639. The van der Waals surface area contributed by atoms with Crippen molar-refractivity contribution in [1.29, 1.82) is 0 Å². The maximum absolute atomic E-state index is 12.5. The van der Waals surface area contributed by atoms with Gasteiger partial charge in [0, 0.05) is 18.1 Å². The van der Waals surface area contributed by atoms with E-state index in [2.05, 4.69) is 26.7 Å². The van der Waals surface area contributed by atoms with Crippen LogP contribution in [0.2, 0.25) is 5.02 Å². The third-order valence-corrected chi connectivity index (χ3v) is 4.36. The lowest BCUT2D eigenvalue weighted by molar-refractivity contribution is 0.102. The van der Waals surface area contributed by atoms with Crippen molar-refractivity contribution in [1.82, 2.24) is 9.97 Å². The zero-order chi connectivity index (χ0) is 19.6. The fourth-order valence-corrected chi connectivity index (χ4v) is 3.31. The Kier molecular flexibility index (Phi) is 5.42. The maximum Gasteiger partial charge on any atom is 0.258 e. The number of aryl methyl sites for hydroxylation is 4. The third-order valence-electron chi connectivity index (χ3n) is 4.06. The molecular weight excluding hydrogens is 360 g/mol. The van der Waals surface area contributed by atoms with Crippen LogP contribution in [0.25, 0.3) is 0 Å². The predicted octanol–water partition coefficient (Wildman–Crippen LogP) is 5.36. The smallest absolute Gasteiger partial charge is 0.258 e. The van der Waals surface area contributed by atoms with E-state index in [1.165, 1.54) is 12.4 Å². The second-order valence-electron chi connectivity index (χ2n) is 6.69. The summed E-state index contributed by atoms with van der Waals surface area (Å²) in [7, 11) is 0. The Balaban J connectivity index is 1.74. The first-order chi connectivity index (χ1) is 12.8. The summed E-state index contributed by atoms with van der Waals surface area (Å²) < 4.78 is 0. The lowest BCUT2D eigenvalue weighted by Gasteiger charge is -2.12. The number of amides is 1. The van der Waals surface area contributed by atoms with Gasteiger partial charge in [-0.05, 0) is 68.1 Å². The van der Waals surface area contributed by atoms with Gasteiger partial charge >= 0.3 is 0 Å². The van der Waals surface area contributed by atoms with Crippen molar-refractivity contribution < 1.29 is 4.79 Å². The number of rotatable bonds is 4. The molecule has 0 radical (unpaired) electrons. The van der Waals surface area contributed by atoms with E-state index in [9.17, 15) is 4.79 Å². The Morgan fingerprint density at radius 2 is 1.48 bits per heavy atom. The van der Waals surface area contributed by atoms with Crippen LogP contribution in [0.5, 0.6) is 0 Å². The molecule has 3 aromatic rings. The van der Waals surface area contributed by atoms with E-state index in [0.717, 1.165) is 27.9 Å². The molecule has 3 rings (SSSR count). The number of halogens is 1. The van der Waals surface area contributed by atoms with Crippen molar-refractivity contribution in [3.8, 4) is 0 Å². The number of benzene rings is 2. The second kappa shape index (κ2) is 7.76. The average Bonchev–Trinajstić information content (AvgIpc) is 2.57. The van der Waals surface area contributed by atoms with Crippen LogP contribution in [0.1, 0.15) is 32.6 Å². The van der Waals surface area contributed by atoms with Gasteiger partial charge in [0.25, 0.3) is 5.91 Å². The number of carbonyl (C=O) groups excluding carboxylic acids is 1. The van der Waals surface area contributed by atoms with E-state index >= 15 is 0 Å². The van der Waals surface area contributed by atoms with Crippen molar-refractivity contribution in [2.75, 3.05) is 10.6 Å². The molecule has 138 valence electrons. The molecule has 0 unspecified atom stereocenters. The Hall–Kier alpha value is -2.92. The van der Waals surface area contributed by atoms with Gasteiger partial charge in [0.15, 0.2) is 0 Å². The first-order valence-corrected chi connectivity index (χ1v) is 8.95. The molecule has 1 amide bonds. The minimum atomic E-state index is -0.304. The summed E-state index contributed by atoms with van der Waals surface area (Å²) in [6.07, 6.45) is 2.98. The minimum Gasteiger partial charge on any atom is -0.324 e. The van der Waals surface area contributed by atoms with Crippen LogP contribution in [0, 0.1) is 27.7 Å². The summed E-state index contributed by atoms with van der Waals surface area (Å²) in [5, 5.41) is 6.49. The van der Waals surface area contributed by atoms with Crippen molar-refractivity contribution in [3.05, 3.63) is 75.6 Å². The zero-order valence-corrected chi connectivity index (χ0v) is 16.5. The lowest BCUT2D eigenvalue weighted by Crippen LogP contribution is -2.14. The highest BCUT2D eigenvalue weighted by Crippen LogP contribution is 2.27. The van der Waals surface area contributed by atoms with Gasteiger partial charge in [-0.1, -0.05) is 23.7 Å². The maximum atomic E-state index is 12.5. The first-order valence-electron chi connectivity index (χ1n) is 8.57. The van der Waals surface area contributed by atoms with Gasteiger partial charge in [-0.15, -0.1) is 0 Å². The van der Waals surface area contributed by atoms with Gasteiger partial charge in [0.05, 0.1) is 16.3 Å². The Labute approximate surface area is 163 Å². The van der Waals surface area contributed by atoms with Crippen LogP contribution >= 0.6 is 11.6 Å². The summed E-state index contributed by atoms with van der Waals surface area (Å²) in [6.45, 7) is 7.93. The van der Waals surface area contributed by atoms with E-state index in [1.807, 2.05) is 52.0 Å². The largest absolute Gasteiger partial charge is 0.324 e. The number of anilines is 3. The van der Waals surface area contributed by atoms with E-state index < -0.39 is 0 Å². The van der Waals surface area contributed by atoms with Crippen molar-refractivity contribution in [2.24, 2.45) is 0 Å². The van der Waals surface area contributed by atoms with E-state index in [4.69, 9.17) is 11.6 Å². The fourth-order valence-electron chi connectivity index (χ4n) is 2.95. The number of hydrogen-bond donors (Lipinski definition) is 2. The summed E-state index contributed by atoms with van der Waals surface area (Å²) in [6, 6.07) is 9.91. The minimum absolute atomic E-state index is 0.304. The molecule has 1 aromatic heterocycles. The highest BCUT2D eigenvalue weighted by Gasteiger charge is 2.12. The van der Waals surface area contributed by atoms with Crippen molar-refractivity contribution in [2.45, 2.75) is 27.7 Å². The van der Waals surface area contributed by atoms with Crippen LogP contribution < -0.4 is 10.6 Å². The van der Waals surface area contributed by atoms with Crippen LogP contribution in [-0.4, -0.2) is 15.9 Å².